The molecule has 2 aromatic rings. The Bertz CT molecular complexity index is 741. The third-order valence-corrected chi connectivity index (χ3v) is 5.89. The molecule has 0 radical (unpaired) electrons. The second-order valence-corrected chi connectivity index (χ2v) is 7.70. The molecule has 0 saturated carbocycles. The molecule has 0 spiro atoms. The molecule has 24 heavy (non-hydrogen) atoms. The average Bonchev–Trinajstić information content (AvgIpc) is 3.03. The van der Waals surface area contributed by atoms with E-state index in [0.29, 0.717) is 0 Å². The van der Waals surface area contributed by atoms with Crippen LogP contribution in [0.3, 0.4) is 0 Å². The minimum Gasteiger partial charge on any atom is -0.383 e. The van der Waals surface area contributed by atoms with Gasteiger partial charge in [0.25, 0.3) is 0 Å². The smallest absolute Gasteiger partial charge is 0.383 e. The van der Waals surface area contributed by atoms with Crippen molar-refractivity contribution in [3.8, 4) is 0 Å². The van der Waals surface area contributed by atoms with E-state index in [0.717, 1.165) is 29.8 Å². The summed E-state index contributed by atoms with van der Waals surface area (Å²) in [6.45, 7) is 0.427. The summed E-state index contributed by atoms with van der Waals surface area (Å²) in [6.07, 6.45) is -4.51. The van der Waals surface area contributed by atoms with Gasteiger partial charge in [-0.2, -0.15) is 28.8 Å². The van der Waals surface area contributed by atoms with Crippen molar-refractivity contribution in [2.24, 2.45) is 0 Å². The zero-order valence-corrected chi connectivity index (χ0v) is 14.4. The van der Waals surface area contributed by atoms with Gasteiger partial charge in [0.05, 0.1) is 17.1 Å². The summed E-state index contributed by atoms with van der Waals surface area (Å²) in [5, 5.41) is 3.65. The molecule has 1 heterocycles. The first kappa shape index (κ1) is 18.9. The van der Waals surface area contributed by atoms with Crippen LogP contribution in [0, 0.1) is 0 Å². The van der Waals surface area contributed by atoms with Crippen LogP contribution < -0.4 is 0 Å². The van der Waals surface area contributed by atoms with Gasteiger partial charge in [0, 0.05) is 20.2 Å². The minimum absolute atomic E-state index is 0.107. The van der Waals surface area contributed by atoms with E-state index in [4.69, 9.17) is 4.74 Å². The van der Waals surface area contributed by atoms with Crippen molar-refractivity contribution < 1.29 is 26.3 Å². The van der Waals surface area contributed by atoms with Crippen molar-refractivity contribution in [3.63, 3.8) is 0 Å². The zero-order chi connectivity index (χ0) is 17.8. The molecule has 0 amide bonds. The van der Waals surface area contributed by atoms with Crippen molar-refractivity contribution in [1.82, 2.24) is 4.31 Å². The fraction of sp³-hybridized carbons (Fsp3) is 0.333. The van der Waals surface area contributed by atoms with E-state index in [1.807, 2.05) is 10.8 Å². The van der Waals surface area contributed by atoms with E-state index in [2.05, 4.69) is 0 Å². The number of benzene rings is 1. The summed E-state index contributed by atoms with van der Waals surface area (Å²) in [5.41, 5.74) is -0.0747. The molecule has 0 unspecified atom stereocenters. The predicted octanol–water partition coefficient (Wildman–Crippen LogP) is 3.60. The zero-order valence-electron chi connectivity index (χ0n) is 12.8. The maximum atomic E-state index is 12.7. The number of ether oxygens (including phenoxy) is 1. The molecule has 132 valence electrons. The van der Waals surface area contributed by atoms with Crippen LogP contribution in [0.2, 0.25) is 0 Å². The van der Waals surface area contributed by atoms with E-state index in [1.54, 1.807) is 6.07 Å². The van der Waals surface area contributed by atoms with Crippen LogP contribution in [-0.2, 0) is 27.5 Å². The number of hydrogen-bond acceptors (Lipinski definition) is 4. The Balaban J connectivity index is 2.29. The van der Waals surface area contributed by atoms with Gasteiger partial charge in [0.1, 0.15) is 0 Å². The summed E-state index contributed by atoms with van der Waals surface area (Å²) in [4.78, 5) is -0.179. The summed E-state index contributed by atoms with van der Waals surface area (Å²) < 4.78 is 69.4. The Morgan fingerprint density at radius 1 is 1.17 bits per heavy atom. The maximum absolute atomic E-state index is 12.7. The largest absolute Gasteiger partial charge is 0.416 e. The number of rotatable bonds is 7. The lowest BCUT2D eigenvalue weighted by Crippen LogP contribution is -2.33. The number of sulfonamides is 1. The van der Waals surface area contributed by atoms with E-state index >= 15 is 0 Å². The van der Waals surface area contributed by atoms with Crippen molar-refractivity contribution in [1.29, 1.82) is 0 Å². The molecule has 0 saturated heterocycles. The summed E-state index contributed by atoms with van der Waals surface area (Å²) in [6, 6.07) is 5.29. The quantitative estimate of drug-likeness (QED) is 0.738. The monoisotopic (exact) mass is 379 g/mol. The lowest BCUT2D eigenvalue weighted by molar-refractivity contribution is -0.137. The Labute approximate surface area is 142 Å². The molecular formula is C15H16F3NO3S2. The number of hydrogen-bond donors (Lipinski definition) is 0. The molecule has 1 aromatic carbocycles. The number of methoxy groups -OCH3 is 1. The normalized spacial score (nSPS) is 12.7. The summed E-state index contributed by atoms with van der Waals surface area (Å²) in [5.74, 6) is 0. The lowest BCUT2D eigenvalue weighted by Gasteiger charge is -2.21. The van der Waals surface area contributed by atoms with Gasteiger partial charge in [-0.25, -0.2) is 8.42 Å². The van der Waals surface area contributed by atoms with Gasteiger partial charge in [-0.1, -0.05) is 0 Å². The van der Waals surface area contributed by atoms with Crippen LogP contribution in [-0.4, -0.2) is 33.0 Å². The molecule has 0 bridgehead atoms. The number of thiophene rings is 1. The molecule has 0 aliphatic carbocycles. The maximum Gasteiger partial charge on any atom is 0.416 e. The molecule has 0 aliphatic rings. The van der Waals surface area contributed by atoms with Crippen LogP contribution in [0.15, 0.2) is 46.0 Å². The second-order valence-electron chi connectivity index (χ2n) is 4.99. The first-order valence-corrected chi connectivity index (χ1v) is 9.31. The molecular weight excluding hydrogens is 363 g/mol. The van der Waals surface area contributed by atoms with Crippen molar-refractivity contribution in [2.75, 3.05) is 20.3 Å². The van der Waals surface area contributed by atoms with Crippen LogP contribution in [0.25, 0.3) is 0 Å². The van der Waals surface area contributed by atoms with Crippen LogP contribution >= 0.6 is 11.3 Å². The van der Waals surface area contributed by atoms with E-state index in [-0.39, 0.29) is 24.6 Å². The Morgan fingerprint density at radius 2 is 1.83 bits per heavy atom. The van der Waals surface area contributed by atoms with E-state index in [9.17, 15) is 21.6 Å². The Kier molecular flexibility index (Phi) is 6.02. The van der Waals surface area contributed by atoms with Crippen LogP contribution in [0.1, 0.15) is 11.1 Å². The molecule has 2 rings (SSSR count). The molecule has 4 nitrogen and oxygen atoms in total. The number of alkyl halides is 3. The van der Waals surface area contributed by atoms with Gasteiger partial charge < -0.3 is 4.74 Å². The average molecular weight is 379 g/mol. The highest BCUT2D eigenvalue weighted by Crippen LogP contribution is 2.30. The van der Waals surface area contributed by atoms with Crippen LogP contribution in [0.4, 0.5) is 13.2 Å². The minimum atomic E-state index is -4.51. The van der Waals surface area contributed by atoms with Gasteiger partial charge in [-0.15, -0.1) is 0 Å². The molecule has 0 atom stereocenters. The fourth-order valence-electron chi connectivity index (χ4n) is 2.03. The van der Waals surface area contributed by atoms with Gasteiger partial charge in [-0.3, -0.25) is 0 Å². The highest BCUT2D eigenvalue weighted by molar-refractivity contribution is 7.89. The Hall–Kier alpha value is -1.42. The van der Waals surface area contributed by atoms with Gasteiger partial charge >= 0.3 is 6.18 Å². The van der Waals surface area contributed by atoms with E-state index < -0.39 is 21.8 Å². The standard InChI is InChI=1S/C15H16F3NO3S2/c1-22-8-7-19(10-12-6-9-23-11-12)24(20,21)14-4-2-13(3-5-14)15(16,17)18/h2-6,9,11H,7-8,10H2,1H3. The topological polar surface area (TPSA) is 46.6 Å². The lowest BCUT2D eigenvalue weighted by atomic mass is 10.2. The highest BCUT2D eigenvalue weighted by atomic mass is 32.2. The molecule has 1 aromatic heterocycles. The first-order valence-electron chi connectivity index (χ1n) is 6.92. The van der Waals surface area contributed by atoms with E-state index in [1.165, 1.54) is 22.8 Å². The third-order valence-electron chi connectivity index (χ3n) is 3.30. The molecule has 0 N–H and O–H groups in total. The Morgan fingerprint density at radius 3 is 2.33 bits per heavy atom. The SMILES string of the molecule is COCCN(Cc1ccsc1)S(=O)(=O)c1ccc(C(F)(F)F)cc1. The summed E-state index contributed by atoms with van der Waals surface area (Å²) >= 11 is 1.44. The number of halogens is 3. The summed E-state index contributed by atoms with van der Waals surface area (Å²) in [7, 11) is -2.47. The van der Waals surface area contributed by atoms with Crippen molar-refractivity contribution >= 4 is 21.4 Å². The van der Waals surface area contributed by atoms with Gasteiger partial charge in [0.15, 0.2) is 0 Å². The second kappa shape index (κ2) is 7.64. The van der Waals surface area contributed by atoms with Gasteiger partial charge in [-0.05, 0) is 46.7 Å². The third kappa shape index (κ3) is 4.56. The fourth-order valence-corrected chi connectivity index (χ4v) is 4.10. The van der Waals surface area contributed by atoms with Gasteiger partial charge in [0.2, 0.25) is 10.0 Å². The molecule has 9 heteroatoms. The van der Waals surface area contributed by atoms with Crippen LogP contribution in [0.5, 0.6) is 0 Å². The molecule has 0 fully saturated rings. The van der Waals surface area contributed by atoms with Crippen molar-refractivity contribution in [2.45, 2.75) is 17.6 Å². The number of nitrogens with zero attached hydrogens (tertiary/aromatic N) is 1. The highest BCUT2D eigenvalue weighted by Gasteiger charge is 2.31. The molecule has 0 aliphatic heterocycles. The van der Waals surface area contributed by atoms with Crippen molar-refractivity contribution in [3.05, 3.63) is 52.2 Å². The predicted molar refractivity (Wildman–Crippen MR) is 85.2 cm³/mol. The first-order chi connectivity index (χ1) is 11.2.